The van der Waals surface area contributed by atoms with E-state index in [1.54, 1.807) is 35.6 Å². The lowest BCUT2D eigenvalue weighted by atomic mass is 10.2. The molecule has 0 saturated heterocycles. The Labute approximate surface area is 183 Å². The zero-order valence-corrected chi connectivity index (χ0v) is 18.7. The topological polar surface area (TPSA) is 67.2 Å². The number of nitrogens with one attached hydrogen (secondary N) is 1. The summed E-state index contributed by atoms with van der Waals surface area (Å²) in [5.41, 5.74) is 2.52. The van der Waals surface area contributed by atoms with Crippen LogP contribution in [0.4, 0.5) is 5.13 Å². The predicted octanol–water partition coefficient (Wildman–Crippen LogP) is 6.46. The zero-order valence-electron chi connectivity index (χ0n) is 16.3. The molecule has 5 nitrogen and oxygen atoms in total. The zero-order chi connectivity index (χ0) is 20.6. The fourth-order valence-corrected chi connectivity index (χ4v) is 4.15. The molecule has 0 amide bonds. The van der Waals surface area contributed by atoms with Crippen molar-refractivity contribution in [2.75, 3.05) is 12.4 Å². The molecule has 3 rings (SSSR count). The van der Waals surface area contributed by atoms with Crippen molar-refractivity contribution in [1.82, 2.24) is 4.98 Å². The number of unbranched alkanes of at least 4 members (excludes halogenated alkanes) is 1. The molecule has 1 heterocycles. The molecule has 0 saturated carbocycles. The van der Waals surface area contributed by atoms with Gasteiger partial charge in [0.1, 0.15) is 11.5 Å². The molecule has 0 aliphatic heterocycles. The summed E-state index contributed by atoms with van der Waals surface area (Å²) in [5, 5.41) is 12.9. The molecule has 2 aromatic carbocycles. The van der Waals surface area contributed by atoms with Crippen LogP contribution in [0.2, 0.25) is 0 Å². The number of aromatic nitrogens is 1. The standard InChI is InChI=1S/C22H22BrN3O2S/c1-3-4-5-19(27-17-10-6-15(14-24)7-11-17)28-18-12-8-16(9-13-18)20-21(23)29-22(25-2)26-20/h6-13,19H,3-5H2,1-2H3,(H,25,26). The molecule has 1 N–H and O–H groups in total. The Hall–Kier alpha value is -2.56. The number of nitrogens with zero attached hydrogens (tertiary/aromatic N) is 2. The Kier molecular flexibility index (Phi) is 7.50. The first-order valence-electron chi connectivity index (χ1n) is 9.41. The summed E-state index contributed by atoms with van der Waals surface area (Å²) in [6.45, 7) is 2.14. The summed E-state index contributed by atoms with van der Waals surface area (Å²) in [4.78, 5) is 4.57. The van der Waals surface area contributed by atoms with Gasteiger partial charge in [-0.1, -0.05) is 24.7 Å². The molecule has 1 atom stereocenters. The average Bonchev–Trinajstić information content (AvgIpc) is 3.14. The Bertz CT molecular complexity index is 965. The third-order valence-corrected chi connectivity index (χ3v) is 5.96. The Balaban J connectivity index is 1.71. The summed E-state index contributed by atoms with van der Waals surface area (Å²) in [6, 6.07) is 17.0. The second-order valence-corrected chi connectivity index (χ2v) is 8.68. The minimum absolute atomic E-state index is 0.393. The largest absolute Gasteiger partial charge is 0.455 e. The number of halogens is 1. The summed E-state index contributed by atoms with van der Waals surface area (Å²) in [5.74, 6) is 1.43. The van der Waals surface area contributed by atoms with Crippen LogP contribution in [0.5, 0.6) is 11.5 Å². The normalized spacial score (nSPS) is 11.5. The van der Waals surface area contributed by atoms with Gasteiger partial charge in [0, 0.05) is 19.0 Å². The van der Waals surface area contributed by atoms with Gasteiger partial charge in [-0.3, -0.25) is 0 Å². The summed E-state index contributed by atoms with van der Waals surface area (Å²) in [7, 11) is 1.86. The van der Waals surface area contributed by atoms with Gasteiger partial charge < -0.3 is 14.8 Å². The molecule has 0 spiro atoms. The number of hydrogen-bond donors (Lipinski definition) is 1. The molecule has 0 bridgehead atoms. The maximum atomic E-state index is 8.93. The molecule has 1 aromatic heterocycles. The van der Waals surface area contributed by atoms with Crippen LogP contribution in [0.3, 0.4) is 0 Å². The van der Waals surface area contributed by atoms with Crippen molar-refractivity contribution in [3.63, 3.8) is 0 Å². The van der Waals surface area contributed by atoms with Crippen molar-refractivity contribution in [3.8, 4) is 28.8 Å². The number of anilines is 1. The van der Waals surface area contributed by atoms with Gasteiger partial charge in [-0.25, -0.2) is 4.98 Å². The summed E-state index contributed by atoms with van der Waals surface area (Å²) in [6.07, 6.45) is 2.44. The minimum atomic E-state index is -0.393. The molecule has 7 heteroatoms. The van der Waals surface area contributed by atoms with E-state index < -0.39 is 6.29 Å². The minimum Gasteiger partial charge on any atom is -0.455 e. The highest BCUT2D eigenvalue weighted by Gasteiger charge is 2.14. The Morgan fingerprint density at radius 3 is 2.24 bits per heavy atom. The number of nitriles is 1. The molecule has 150 valence electrons. The molecular formula is C22H22BrN3O2S. The number of ether oxygens (including phenoxy) is 2. The average molecular weight is 472 g/mol. The van der Waals surface area contributed by atoms with Crippen molar-refractivity contribution in [2.45, 2.75) is 32.5 Å². The maximum Gasteiger partial charge on any atom is 0.241 e. The molecule has 0 aliphatic rings. The first kappa shape index (κ1) is 21.2. The number of benzene rings is 2. The van der Waals surface area contributed by atoms with Crippen LogP contribution in [0.15, 0.2) is 52.3 Å². The van der Waals surface area contributed by atoms with E-state index in [9.17, 15) is 0 Å². The number of thiazole rings is 1. The van der Waals surface area contributed by atoms with E-state index in [2.05, 4.69) is 39.2 Å². The van der Waals surface area contributed by atoms with Gasteiger partial charge in [0.05, 0.1) is 21.1 Å². The highest BCUT2D eigenvalue weighted by molar-refractivity contribution is 9.11. The van der Waals surface area contributed by atoms with Crippen LogP contribution < -0.4 is 14.8 Å². The SMILES string of the molecule is CCCCC(Oc1ccc(C#N)cc1)Oc1ccc(-c2nc(NC)sc2Br)cc1. The van der Waals surface area contributed by atoms with E-state index >= 15 is 0 Å². The first-order chi connectivity index (χ1) is 14.1. The van der Waals surface area contributed by atoms with Gasteiger partial charge in [0.2, 0.25) is 6.29 Å². The van der Waals surface area contributed by atoms with Gasteiger partial charge in [0.25, 0.3) is 0 Å². The number of hydrogen-bond acceptors (Lipinski definition) is 6. The van der Waals surface area contributed by atoms with Gasteiger partial charge in [-0.05, 0) is 70.9 Å². The second kappa shape index (κ2) is 10.3. The van der Waals surface area contributed by atoms with Crippen molar-refractivity contribution in [2.24, 2.45) is 0 Å². The van der Waals surface area contributed by atoms with Crippen LogP contribution in [0.1, 0.15) is 31.7 Å². The van der Waals surface area contributed by atoms with E-state index in [0.29, 0.717) is 11.3 Å². The smallest absolute Gasteiger partial charge is 0.241 e. The Morgan fingerprint density at radius 1 is 1.10 bits per heavy atom. The summed E-state index contributed by atoms with van der Waals surface area (Å²) >= 11 is 5.13. The molecule has 0 aliphatic carbocycles. The molecule has 3 aromatic rings. The molecule has 0 fully saturated rings. The first-order valence-corrected chi connectivity index (χ1v) is 11.0. The fraction of sp³-hybridized carbons (Fsp3) is 0.273. The summed E-state index contributed by atoms with van der Waals surface area (Å²) < 4.78 is 13.1. The molecule has 0 radical (unpaired) electrons. The maximum absolute atomic E-state index is 8.93. The Morgan fingerprint density at radius 2 is 1.72 bits per heavy atom. The molecule has 1 unspecified atom stereocenters. The van der Waals surface area contributed by atoms with Gasteiger partial charge in [-0.15, -0.1) is 0 Å². The lowest BCUT2D eigenvalue weighted by Crippen LogP contribution is -2.23. The van der Waals surface area contributed by atoms with Gasteiger partial charge in [0.15, 0.2) is 5.13 Å². The highest BCUT2D eigenvalue weighted by Crippen LogP contribution is 2.36. The van der Waals surface area contributed by atoms with Crippen LogP contribution >= 0.6 is 27.3 Å². The van der Waals surface area contributed by atoms with Crippen molar-refractivity contribution < 1.29 is 9.47 Å². The monoisotopic (exact) mass is 471 g/mol. The van der Waals surface area contributed by atoms with E-state index in [4.69, 9.17) is 14.7 Å². The van der Waals surface area contributed by atoms with E-state index in [1.807, 2.05) is 31.3 Å². The molecular weight excluding hydrogens is 450 g/mol. The lowest BCUT2D eigenvalue weighted by molar-refractivity contribution is -0.00211. The second-order valence-electron chi connectivity index (χ2n) is 6.36. The number of rotatable bonds is 9. The predicted molar refractivity (Wildman–Crippen MR) is 121 cm³/mol. The van der Waals surface area contributed by atoms with Crippen LogP contribution in [0.25, 0.3) is 11.3 Å². The van der Waals surface area contributed by atoms with Crippen molar-refractivity contribution in [3.05, 3.63) is 57.9 Å². The van der Waals surface area contributed by atoms with E-state index in [-0.39, 0.29) is 0 Å². The fourth-order valence-electron chi connectivity index (χ4n) is 2.70. The van der Waals surface area contributed by atoms with Gasteiger partial charge in [-0.2, -0.15) is 5.26 Å². The van der Waals surface area contributed by atoms with Gasteiger partial charge >= 0.3 is 0 Å². The third kappa shape index (κ3) is 5.72. The van der Waals surface area contributed by atoms with Crippen molar-refractivity contribution >= 4 is 32.4 Å². The quantitative estimate of drug-likeness (QED) is 0.362. The van der Waals surface area contributed by atoms with Crippen molar-refractivity contribution in [1.29, 1.82) is 5.26 Å². The highest BCUT2D eigenvalue weighted by atomic mass is 79.9. The van der Waals surface area contributed by atoms with Crippen LogP contribution in [0, 0.1) is 11.3 Å². The van der Waals surface area contributed by atoms with E-state index in [0.717, 1.165) is 45.2 Å². The third-order valence-electron chi connectivity index (χ3n) is 4.24. The molecule has 29 heavy (non-hydrogen) atoms. The van der Waals surface area contributed by atoms with Crippen LogP contribution in [-0.2, 0) is 0 Å². The van der Waals surface area contributed by atoms with Crippen LogP contribution in [-0.4, -0.2) is 18.3 Å². The van der Waals surface area contributed by atoms with E-state index in [1.165, 1.54) is 0 Å². The lowest BCUT2D eigenvalue weighted by Gasteiger charge is -2.20.